The largest absolute Gasteiger partial charge is 0.480 e. The van der Waals surface area contributed by atoms with Crippen molar-refractivity contribution in [3.8, 4) is 0 Å². The van der Waals surface area contributed by atoms with Crippen LogP contribution in [0.2, 0.25) is 0 Å². The van der Waals surface area contributed by atoms with Crippen molar-refractivity contribution in [3.63, 3.8) is 0 Å². The first kappa shape index (κ1) is 40.7. The summed E-state index contributed by atoms with van der Waals surface area (Å²) in [5, 5.41) is 21.5. The molecule has 0 saturated carbocycles. The second kappa shape index (κ2) is 22.2. The Balaban J connectivity index is 4.93. The Labute approximate surface area is 267 Å². The second-order valence-corrected chi connectivity index (χ2v) is 10.8. The highest BCUT2D eigenvalue weighted by atomic mass is 32.1. The van der Waals surface area contributed by atoms with Crippen molar-refractivity contribution in [1.82, 2.24) is 26.6 Å². The summed E-state index contributed by atoms with van der Waals surface area (Å²) in [4.78, 5) is 81.7. The molecule has 0 unspecified atom stereocenters. The van der Waals surface area contributed by atoms with Gasteiger partial charge in [0.15, 0.2) is 11.9 Å². The van der Waals surface area contributed by atoms with Crippen LogP contribution in [0.25, 0.3) is 0 Å². The van der Waals surface area contributed by atoms with E-state index in [9.17, 15) is 33.9 Å². The minimum absolute atomic E-state index is 0.0401. The summed E-state index contributed by atoms with van der Waals surface area (Å²) in [7, 11) is 0. The molecule has 0 rings (SSSR count). The number of guanidine groups is 2. The molecule has 19 nitrogen and oxygen atoms in total. The van der Waals surface area contributed by atoms with Crippen LogP contribution < -0.4 is 55.3 Å². The van der Waals surface area contributed by atoms with Crippen molar-refractivity contribution in [2.45, 2.75) is 70.1 Å². The highest BCUT2D eigenvalue weighted by molar-refractivity contribution is 7.80. The van der Waals surface area contributed by atoms with Gasteiger partial charge in [-0.15, -0.1) is 0 Å². The minimum Gasteiger partial charge on any atom is -0.480 e. The van der Waals surface area contributed by atoms with Gasteiger partial charge in [0.2, 0.25) is 29.5 Å². The third kappa shape index (κ3) is 19.5. The van der Waals surface area contributed by atoms with Crippen molar-refractivity contribution < 1.29 is 33.9 Å². The molecular formula is C25H48N12O7S. The molecule has 45 heavy (non-hydrogen) atoms. The molecule has 0 aromatic rings. The lowest BCUT2D eigenvalue weighted by molar-refractivity contribution is -0.142. The molecular weight excluding hydrogens is 612 g/mol. The van der Waals surface area contributed by atoms with Gasteiger partial charge in [0.25, 0.3) is 0 Å². The fourth-order valence-corrected chi connectivity index (χ4v) is 3.90. The number of hydrogen-bond acceptors (Lipinski definition) is 10. The molecule has 5 amide bonds. The zero-order chi connectivity index (χ0) is 34.5. The standard InChI is InChI=1S/C25H48N12O7S/c1-13(2)9-16(21(41)36-15(23(43)44)6-4-8-32-25(29)30)37-22(42)17(12-45)35-19(39)11-33-18(38)10-34-20(40)14(26)5-3-7-31-24(27)28/h13-17,45H,3-12,26H2,1-2H3,(H,33,38)(H,34,40)(H,35,39)(H,36,41)(H,37,42)(H,43,44)(H4,27,28,31)(H4,29,30,32)/t14-,15-,16-,17-/m0/s1. The van der Waals surface area contributed by atoms with E-state index in [0.717, 1.165) is 0 Å². The van der Waals surface area contributed by atoms with E-state index in [-0.39, 0.29) is 55.8 Å². The van der Waals surface area contributed by atoms with Crippen LogP contribution >= 0.6 is 12.6 Å². The monoisotopic (exact) mass is 660 g/mol. The van der Waals surface area contributed by atoms with Crippen LogP contribution in [0, 0.1) is 5.92 Å². The molecule has 20 heteroatoms. The Morgan fingerprint density at radius 3 is 1.73 bits per heavy atom. The SMILES string of the molecule is CC(C)C[C@H](NC(=O)[C@H](CS)NC(=O)CNC(=O)CNC(=O)[C@@H](N)CCCN=C(N)N)C(=O)N[C@@H](CCCN=C(N)N)C(=O)O. The molecule has 0 aliphatic carbocycles. The molecule has 0 fully saturated rings. The minimum atomic E-state index is -1.27. The number of carbonyl (C=O) groups is 6. The Morgan fingerprint density at radius 1 is 0.711 bits per heavy atom. The maximum atomic E-state index is 13.0. The Hall–Kier alpha value is -4.33. The Kier molecular flexibility index (Phi) is 20.1. The van der Waals surface area contributed by atoms with E-state index in [4.69, 9.17) is 28.7 Å². The number of nitrogens with two attached hydrogens (primary N) is 5. The van der Waals surface area contributed by atoms with E-state index >= 15 is 0 Å². The zero-order valence-corrected chi connectivity index (χ0v) is 26.5. The van der Waals surface area contributed by atoms with Gasteiger partial charge >= 0.3 is 5.97 Å². The average Bonchev–Trinajstić information content (AvgIpc) is 2.95. The lowest BCUT2D eigenvalue weighted by Gasteiger charge is -2.25. The third-order valence-electron chi connectivity index (χ3n) is 5.91. The van der Waals surface area contributed by atoms with Gasteiger partial charge in [0.1, 0.15) is 18.1 Å². The predicted octanol–water partition coefficient (Wildman–Crippen LogP) is -4.83. The quantitative estimate of drug-likeness (QED) is 0.0225. The van der Waals surface area contributed by atoms with Gasteiger partial charge in [-0.2, -0.15) is 12.6 Å². The van der Waals surface area contributed by atoms with Gasteiger partial charge in [0, 0.05) is 18.8 Å². The number of nitrogens with zero attached hydrogens (tertiary/aromatic N) is 2. The maximum absolute atomic E-state index is 13.0. The molecule has 0 aromatic heterocycles. The van der Waals surface area contributed by atoms with E-state index in [1.807, 2.05) is 13.8 Å². The summed E-state index contributed by atoms with van der Waals surface area (Å²) in [5.74, 6) is -5.17. The Morgan fingerprint density at radius 2 is 1.22 bits per heavy atom. The summed E-state index contributed by atoms with van der Waals surface area (Å²) in [5.41, 5.74) is 26.7. The van der Waals surface area contributed by atoms with Gasteiger partial charge < -0.3 is 60.4 Å². The van der Waals surface area contributed by atoms with Crippen LogP contribution in [-0.2, 0) is 28.8 Å². The smallest absolute Gasteiger partial charge is 0.326 e. The summed E-state index contributed by atoms with van der Waals surface area (Å²) >= 11 is 4.09. The fraction of sp³-hybridized carbons (Fsp3) is 0.680. The van der Waals surface area contributed by atoms with Crippen molar-refractivity contribution in [2.75, 3.05) is 31.9 Å². The van der Waals surface area contributed by atoms with E-state index in [1.165, 1.54) is 0 Å². The van der Waals surface area contributed by atoms with Crippen LogP contribution in [0.4, 0.5) is 0 Å². The van der Waals surface area contributed by atoms with Crippen LogP contribution in [0.15, 0.2) is 9.98 Å². The van der Waals surface area contributed by atoms with Gasteiger partial charge in [-0.05, 0) is 38.0 Å². The highest BCUT2D eigenvalue weighted by Crippen LogP contribution is 2.08. The first-order valence-corrected chi connectivity index (χ1v) is 14.8. The number of aliphatic carboxylic acids is 1. The van der Waals surface area contributed by atoms with Crippen molar-refractivity contribution in [3.05, 3.63) is 0 Å². The lowest BCUT2D eigenvalue weighted by atomic mass is 10.0. The highest BCUT2D eigenvalue weighted by Gasteiger charge is 2.29. The summed E-state index contributed by atoms with van der Waals surface area (Å²) in [6, 6.07) is -4.44. The number of amides is 5. The van der Waals surface area contributed by atoms with Gasteiger partial charge in [-0.25, -0.2) is 4.79 Å². The van der Waals surface area contributed by atoms with Crippen LogP contribution in [-0.4, -0.2) is 109 Å². The number of thiol groups is 1. The molecule has 0 aliphatic heterocycles. The molecule has 0 radical (unpaired) electrons. The van der Waals surface area contributed by atoms with Crippen molar-refractivity contribution in [2.24, 2.45) is 44.6 Å². The Bertz CT molecular complexity index is 1070. The predicted molar refractivity (Wildman–Crippen MR) is 171 cm³/mol. The van der Waals surface area contributed by atoms with Crippen LogP contribution in [0.3, 0.4) is 0 Å². The number of carbonyl (C=O) groups excluding carboxylic acids is 5. The number of aliphatic imine (C=N–C) groups is 2. The molecule has 0 heterocycles. The van der Waals surface area contributed by atoms with E-state index in [0.29, 0.717) is 13.0 Å². The molecule has 0 spiro atoms. The second-order valence-electron chi connectivity index (χ2n) is 10.4. The third-order valence-corrected chi connectivity index (χ3v) is 6.27. The van der Waals surface area contributed by atoms with Gasteiger partial charge in [0.05, 0.1) is 19.1 Å². The molecule has 4 atom stereocenters. The van der Waals surface area contributed by atoms with Gasteiger partial charge in [-0.3, -0.25) is 34.0 Å². The van der Waals surface area contributed by atoms with E-state index in [1.54, 1.807) is 0 Å². The van der Waals surface area contributed by atoms with E-state index < -0.39 is 72.8 Å². The van der Waals surface area contributed by atoms with Gasteiger partial charge in [-0.1, -0.05) is 13.8 Å². The molecule has 0 aromatic carbocycles. The zero-order valence-electron chi connectivity index (χ0n) is 25.6. The summed E-state index contributed by atoms with van der Waals surface area (Å²) in [6.45, 7) is 3.12. The fourth-order valence-electron chi connectivity index (χ4n) is 3.64. The van der Waals surface area contributed by atoms with Crippen LogP contribution in [0.1, 0.15) is 46.0 Å². The summed E-state index contributed by atoms with van der Waals surface area (Å²) in [6.07, 6.45) is 1.22. The molecule has 0 bridgehead atoms. The van der Waals surface area contributed by atoms with Crippen molar-refractivity contribution >= 4 is 60.1 Å². The summed E-state index contributed by atoms with van der Waals surface area (Å²) < 4.78 is 0. The van der Waals surface area contributed by atoms with Crippen molar-refractivity contribution in [1.29, 1.82) is 0 Å². The average molecular weight is 661 g/mol. The normalized spacial score (nSPS) is 13.3. The molecule has 0 aliphatic rings. The van der Waals surface area contributed by atoms with E-state index in [2.05, 4.69) is 49.2 Å². The molecule has 256 valence electrons. The first-order chi connectivity index (χ1) is 21.1. The first-order valence-electron chi connectivity index (χ1n) is 14.2. The molecule has 16 N–H and O–H groups in total. The number of hydrogen-bond donors (Lipinski definition) is 12. The lowest BCUT2D eigenvalue weighted by Crippen LogP contribution is -2.57. The number of carboxylic acids is 1. The molecule has 0 saturated heterocycles. The number of nitrogens with one attached hydrogen (secondary N) is 5. The number of rotatable bonds is 22. The number of carboxylic acid groups (broad SMARTS) is 1. The maximum Gasteiger partial charge on any atom is 0.326 e. The van der Waals surface area contributed by atoms with Crippen LogP contribution in [0.5, 0.6) is 0 Å². The topological polar surface area (TPSA) is 338 Å².